The number of allylic oxidation sites excluding steroid dienone is 8. The van der Waals surface area contributed by atoms with Crippen molar-refractivity contribution in [3.8, 4) is 0 Å². The fourth-order valence-corrected chi connectivity index (χ4v) is 6.82. The molecule has 0 aliphatic heterocycles. The molecule has 0 aromatic heterocycles. The Morgan fingerprint density at radius 2 is 0.627 bits per heavy atom. The second-order valence-corrected chi connectivity index (χ2v) is 17.7. The van der Waals surface area contributed by atoms with Crippen LogP contribution in [0.5, 0.6) is 0 Å². The minimum absolute atomic E-state index is 0. The first-order chi connectivity index (χ1) is 28.0. The Balaban J connectivity index is -0.00000105. The van der Waals surface area contributed by atoms with E-state index < -0.39 is 11.9 Å². The third kappa shape index (κ3) is 49.6. The first-order valence-electron chi connectivity index (χ1n) is 24.4. The van der Waals surface area contributed by atoms with Crippen LogP contribution < -0.4 is 10.2 Å². The molecule has 0 aromatic carbocycles. The molecule has 0 aliphatic carbocycles. The zero-order chi connectivity index (χ0) is 43.5. The number of rotatable bonds is 40. The predicted octanol–water partition coefficient (Wildman–Crippen LogP) is 11.9. The van der Waals surface area contributed by atoms with Gasteiger partial charge in [-0.25, -0.2) is 0 Å². The zero-order valence-corrected chi connectivity index (χ0v) is 42.6. The average molecular weight is 853 g/mol. The molecule has 0 aliphatic rings. The first-order valence-corrected chi connectivity index (χ1v) is 24.4. The number of carboxylic acid groups (broad SMARTS) is 2. The minimum Gasteiger partial charge on any atom is -0.549 e. The van der Waals surface area contributed by atoms with Crippen molar-refractivity contribution in [1.82, 2.24) is 9.80 Å². The molecule has 0 rings (SSSR count). The van der Waals surface area contributed by atoms with Crippen LogP contribution in [0, 0.1) is 23.7 Å². The number of hydrogen-bond acceptors (Lipinski definition) is 6. The maximum atomic E-state index is 11.1. The van der Waals surface area contributed by atoms with E-state index in [0.717, 1.165) is 77.5 Å². The summed E-state index contributed by atoms with van der Waals surface area (Å²) in [5.41, 5.74) is 0. The van der Waals surface area contributed by atoms with E-state index in [1.165, 1.54) is 103 Å². The van der Waals surface area contributed by atoms with Crippen molar-refractivity contribution < 1.29 is 19.8 Å². The molecule has 0 aromatic rings. The minimum atomic E-state index is -0.961. The van der Waals surface area contributed by atoms with Gasteiger partial charge >= 0.3 is 37.7 Å². The fourth-order valence-electron chi connectivity index (χ4n) is 6.82. The summed E-state index contributed by atoms with van der Waals surface area (Å²) in [6.07, 6.45) is 47.2. The number of aliphatic carboxylic acids is 2. The fraction of sp³-hybridized carbons (Fsp3) is 0.808. The maximum absolute atomic E-state index is 11.1. The second kappa shape index (κ2) is 48.1. The standard InChI is InChI=1S/2C26H49NO2.Ca/c2*1-5-7-9-11-13-15-17-24(3)19-21-27(23-26(28)29)22-20-25(4)18-16-14-12-10-8-6-2;/h2*13-16,24-25H,5-12,17-23H2,1-4H3,(H,28,29);/q;;+2/p-2/b2*15-13+,16-14+;. The van der Waals surface area contributed by atoms with Crippen molar-refractivity contribution in [3.05, 3.63) is 48.6 Å². The van der Waals surface area contributed by atoms with Gasteiger partial charge in [-0.2, -0.15) is 0 Å². The van der Waals surface area contributed by atoms with E-state index in [4.69, 9.17) is 0 Å². The van der Waals surface area contributed by atoms with Crippen molar-refractivity contribution >= 4 is 49.7 Å². The predicted molar refractivity (Wildman–Crippen MR) is 255 cm³/mol. The third-order valence-corrected chi connectivity index (χ3v) is 11.2. The summed E-state index contributed by atoms with van der Waals surface area (Å²) in [4.78, 5) is 26.4. The summed E-state index contributed by atoms with van der Waals surface area (Å²) >= 11 is 0. The third-order valence-electron chi connectivity index (χ3n) is 11.2. The van der Waals surface area contributed by atoms with Crippen LogP contribution in [-0.2, 0) is 9.59 Å². The van der Waals surface area contributed by atoms with Crippen LogP contribution in [0.15, 0.2) is 48.6 Å². The molecule has 0 fully saturated rings. The Morgan fingerprint density at radius 1 is 0.407 bits per heavy atom. The first kappa shape index (κ1) is 62.4. The quantitative estimate of drug-likeness (QED) is 0.0347. The van der Waals surface area contributed by atoms with Crippen LogP contribution in [0.25, 0.3) is 0 Å². The van der Waals surface area contributed by atoms with Gasteiger partial charge in [0.05, 0.1) is 11.9 Å². The molecule has 0 N–H and O–H groups in total. The molecule has 340 valence electrons. The second-order valence-electron chi connectivity index (χ2n) is 17.7. The van der Waals surface area contributed by atoms with Gasteiger partial charge in [-0.15, -0.1) is 0 Å². The SMILES string of the molecule is CCCCC/C=C/CC(C)CCN(CCC(C)C/C=C/CCCCC)CC(=O)[O-].CCCCC/C=C/CC(C)CCN(CCC(C)C/C=C/CCCCC)CC(=O)[O-].[Ca+2]. The summed E-state index contributed by atoms with van der Waals surface area (Å²) in [6, 6.07) is 0. The Kier molecular flexibility index (Phi) is 50.9. The van der Waals surface area contributed by atoms with Crippen molar-refractivity contribution in [1.29, 1.82) is 0 Å². The van der Waals surface area contributed by atoms with Crippen molar-refractivity contribution in [2.45, 2.75) is 209 Å². The zero-order valence-electron chi connectivity index (χ0n) is 40.4. The monoisotopic (exact) mass is 853 g/mol. The van der Waals surface area contributed by atoms with Crippen LogP contribution in [0.4, 0.5) is 0 Å². The summed E-state index contributed by atoms with van der Waals surface area (Å²) in [6.45, 7) is 21.5. The molecule has 0 amide bonds. The van der Waals surface area contributed by atoms with Crippen LogP contribution in [0.1, 0.15) is 209 Å². The van der Waals surface area contributed by atoms with E-state index in [9.17, 15) is 19.8 Å². The van der Waals surface area contributed by atoms with E-state index in [-0.39, 0.29) is 50.8 Å². The molecule has 0 heterocycles. The van der Waals surface area contributed by atoms with E-state index in [1.54, 1.807) is 0 Å². The molecule has 4 atom stereocenters. The van der Waals surface area contributed by atoms with Crippen LogP contribution >= 0.6 is 0 Å². The summed E-state index contributed by atoms with van der Waals surface area (Å²) in [5.74, 6) is 0.430. The number of carbonyl (C=O) groups is 2. The molecule has 0 saturated carbocycles. The van der Waals surface area contributed by atoms with Crippen molar-refractivity contribution in [2.24, 2.45) is 23.7 Å². The topological polar surface area (TPSA) is 86.7 Å². The molecule has 0 saturated heterocycles. The normalized spacial score (nSPS) is 14.0. The summed E-state index contributed by atoms with van der Waals surface area (Å²) in [7, 11) is 0. The Bertz CT molecular complexity index is 884. The molecule has 59 heavy (non-hydrogen) atoms. The van der Waals surface area contributed by atoms with Gasteiger partial charge in [-0.05, 0) is 153 Å². The largest absolute Gasteiger partial charge is 2.00 e. The van der Waals surface area contributed by atoms with E-state index in [2.05, 4.69) is 114 Å². The molecule has 6 nitrogen and oxygen atoms in total. The van der Waals surface area contributed by atoms with Gasteiger partial charge in [0.2, 0.25) is 0 Å². The molecule has 0 bridgehead atoms. The average Bonchev–Trinajstić information content (AvgIpc) is 3.19. The summed E-state index contributed by atoms with van der Waals surface area (Å²) < 4.78 is 0. The number of nitrogens with zero attached hydrogens (tertiary/aromatic N) is 2. The van der Waals surface area contributed by atoms with Crippen LogP contribution in [-0.4, -0.2) is 98.7 Å². The van der Waals surface area contributed by atoms with Crippen LogP contribution in [0.2, 0.25) is 0 Å². The van der Waals surface area contributed by atoms with Gasteiger partial charge in [-0.1, -0.05) is 155 Å². The number of carbonyl (C=O) groups excluding carboxylic acids is 2. The van der Waals surface area contributed by atoms with Crippen molar-refractivity contribution in [2.75, 3.05) is 39.3 Å². The Labute approximate surface area is 397 Å². The molecule has 7 heteroatoms. The van der Waals surface area contributed by atoms with Gasteiger partial charge in [-0.3, -0.25) is 9.80 Å². The van der Waals surface area contributed by atoms with E-state index in [0.29, 0.717) is 23.7 Å². The maximum Gasteiger partial charge on any atom is 2.00 e. The molecule has 0 spiro atoms. The van der Waals surface area contributed by atoms with Gasteiger partial charge < -0.3 is 19.8 Å². The number of hydrogen-bond donors (Lipinski definition) is 0. The van der Waals surface area contributed by atoms with E-state index >= 15 is 0 Å². The molecular weight excluding hydrogens is 757 g/mol. The Morgan fingerprint density at radius 3 is 0.814 bits per heavy atom. The van der Waals surface area contributed by atoms with Crippen LogP contribution in [0.3, 0.4) is 0 Å². The van der Waals surface area contributed by atoms with Gasteiger partial charge in [0, 0.05) is 13.1 Å². The number of unbranched alkanes of at least 4 members (excludes halogenated alkanes) is 12. The van der Waals surface area contributed by atoms with Crippen molar-refractivity contribution in [3.63, 3.8) is 0 Å². The van der Waals surface area contributed by atoms with E-state index in [1.807, 2.05) is 0 Å². The molecule has 4 unspecified atom stereocenters. The molecule has 0 radical (unpaired) electrons. The number of carboxylic acids is 2. The Hall–Kier alpha value is -0.920. The molecular formula is C52H96CaN2O4. The van der Waals surface area contributed by atoms with Gasteiger partial charge in [0.1, 0.15) is 0 Å². The summed E-state index contributed by atoms with van der Waals surface area (Å²) in [5, 5.41) is 22.2. The van der Waals surface area contributed by atoms with Gasteiger partial charge in [0.15, 0.2) is 0 Å². The smallest absolute Gasteiger partial charge is 0.549 e. The van der Waals surface area contributed by atoms with Gasteiger partial charge in [0.25, 0.3) is 0 Å².